The van der Waals surface area contributed by atoms with E-state index in [1.54, 1.807) is 24.9 Å². The number of imidazole rings is 1. The Labute approximate surface area is 186 Å². The van der Waals surface area contributed by atoms with Crippen molar-refractivity contribution in [2.24, 2.45) is 7.05 Å². The highest BCUT2D eigenvalue weighted by Gasteiger charge is 2.43. The maximum Gasteiger partial charge on any atom is 0.235 e. The van der Waals surface area contributed by atoms with E-state index < -0.39 is 5.41 Å². The topological polar surface area (TPSA) is 67.2 Å². The fourth-order valence-corrected chi connectivity index (χ4v) is 4.82. The Bertz CT molecular complexity index is 1050. The summed E-state index contributed by atoms with van der Waals surface area (Å²) in [5.41, 5.74) is 1.12. The molecule has 0 atom stereocenters. The number of nitrogens with zero attached hydrogens (tertiary/aromatic N) is 3. The van der Waals surface area contributed by atoms with Gasteiger partial charge < -0.3 is 14.8 Å². The van der Waals surface area contributed by atoms with Gasteiger partial charge in [-0.2, -0.15) is 0 Å². The molecular formula is C24H26N4O2S. The molecule has 0 unspecified atom stereocenters. The highest BCUT2D eigenvalue weighted by molar-refractivity contribution is 7.99. The van der Waals surface area contributed by atoms with Gasteiger partial charge in [-0.05, 0) is 42.7 Å². The van der Waals surface area contributed by atoms with Crippen molar-refractivity contribution in [3.63, 3.8) is 0 Å². The zero-order valence-corrected chi connectivity index (χ0v) is 18.6. The van der Waals surface area contributed by atoms with Crippen LogP contribution >= 0.6 is 11.8 Å². The normalized spacial score (nSPS) is 15.5. The number of piperidine rings is 1. The summed E-state index contributed by atoms with van der Waals surface area (Å²) in [5, 5.41) is 4.03. The number of likely N-dealkylation sites (tertiary alicyclic amines) is 1. The van der Waals surface area contributed by atoms with E-state index in [0.29, 0.717) is 25.9 Å². The molecule has 31 heavy (non-hydrogen) atoms. The maximum atomic E-state index is 13.5. The minimum atomic E-state index is -0.645. The van der Waals surface area contributed by atoms with Crippen molar-refractivity contribution in [3.8, 4) is 0 Å². The largest absolute Gasteiger partial charge is 0.343 e. The molecule has 1 aliphatic heterocycles. The Hall–Kier alpha value is -3.06. The number of aryl methyl sites for hydroxylation is 1. The fraction of sp³-hybridized carbons (Fsp3) is 0.292. The molecule has 0 radical (unpaired) electrons. The predicted molar refractivity (Wildman–Crippen MR) is 122 cm³/mol. The van der Waals surface area contributed by atoms with Gasteiger partial charge in [-0.1, -0.05) is 42.1 Å². The molecule has 2 heterocycles. The number of aromatic nitrogens is 2. The first-order valence-corrected chi connectivity index (χ1v) is 11.2. The van der Waals surface area contributed by atoms with Crippen LogP contribution in [0.2, 0.25) is 0 Å². The second-order valence-electron chi connectivity index (χ2n) is 7.86. The summed E-state index contributed by atoms with van der Waals surface area (Å²) in [6, 6.07) is 17.7. The molecule has 1 aliphatic rings. The summed E-state index contributed by atoms with van der Waals surface area (Å²) in [6.45, 7) is 2.74. The van der Waals surface area contributed by atoms with Crippen LogP contribution < -0.4 is 5.32 Å². The summed E-state index contributed by atoms with van der Waals surface area (Å²) >= 11 is 1.58. The number of benzene rings is 2. The second kappa shape index (κ2) is 8.98. The van der Waals surface area contributed by atoms with Gasteiger partial charge in [-0.3, -0.25) is 9.59 Å². The summed E-state index contributed by atoms with van der Waals surface area (Å²) in [6.07, 6.45) is 4.90. The van der Waals surface area contributed by atoms with Crippen molar-refractivity contribution < 1.29 is 9.59 Å². The SMILES string of the molecule is CC(=O)N1CCC(C(=O)Nc2ccc(Sc3nccn3C)cc2)(c2ccccc2)CC1. The summed E-state index contributed by atoms with van der Waals surface area (Å²) in [7, 11) is 1.96. The van der Waals surface area contributed by atoms with Gasteiger partial charge >= 0.3 is 0 Å². The molecule has 4 rings (SSSR count). The van der Waals surface area contributed by atoms with Crippen molar-refractivity contribution >= 4 is 29.3 Å². The van der Waals surface area contributed by atoms with Crippen LogP contribution in [0, 0.1) is 0 Å². The first kappa shape index (κ1) is 21.2. The van der Waals surface area contributed by atoms with Crippen LogP contribution in [-0.2, 0) is 22.1 Å². The number of carbonyl (C=O) groups excluding carboxylic acids is 2. The van der Waals surface area contributed by atoms with Gasteiger partial charge in [0, 0.05) is 50.0 Å². The van der Waals surface area contributed by atoms with E-state index >= 15 is 0 Å². The van der Waals surface area contributed by atoms with Crippen molar-refractivity contribution in [1.29, 1.82) is 0 Å². The molecule has 0 spiro atoms. The smallest absolute Gasteiger partial charge is 0.235 e. The monoisotopic (exact) mass is 434 g/mol. The molecule has 1 N–H and O–H groups in total. The van der Waals surface area contributed by atoms with E-state index in [4.69, 9.17) is 0 Å². The molecule has 0 aliphatic carbocycles. The minimum Gasteiger partial charge on any atom is -0.343 e. The molecule has 6 nitrogen and oxygen atoms in total. The van der Waals surface area contributed by atoms with Gasteiger partial charge in [0.1, 0.15) is 0 Å². The number of carbonyl (C=O) groups is 2. The molecular weight excluding hydrogens is 408 g/mol. The van der Waals surface area contributed by atoms with Gasteiger partial charge in [0.25, 0.3) is 0 Å². The average Bonchev–Trinajstić information content (AvgIpc) is 3.20. The number of anilines is 1. The van der Waals surface area contributed by atoms with E-state index in [1.165, 1.54) is 0 Å². The molecule has 0 bridgehead atoms. The molecule has 0 saturated carbocycles. The van der Waals surface area contributed by atoms with E-state index in [1.807, 2.05) is 77.3 Å². The summed E-state index contributed by atoms with van der Waals surface area (Å²) in [5.74, 6) is 0.0364. The van der Waals surface area contributed by atoms with E-state index in [-0.39, 0.29) is 11.8 Å². The van der Waals surface area contributed by atoms with Crippen LogP contribution in [0.1, 0.15) is 25.3 Å². The van der Waals surface area contributed by atoms with Gasteiger partial charge in [0.05, 0.1) is 5.41 Å². The van der Waals surface area contributed by atoms with Gasteiger partial charge in [0.2, 0.25) is 11.8 Å². The third-order valence-electron chi connectivity index (χ3n) is 5.92. The lowest BCUT2D eigenvalue weighted by Crippen LogP contribution is -2.50. The zero-order chi connectivity index (χ0) is 21.8. The van der Waals surface area contributed by atoms with Crippen LogP contribution in [0.4, 0.5) is 5.69 Å². The van der Waals surface area contributed by atoms with Crippen molar-refractivity contribution in [2.75, 3.05) is 18.4 Å². The van der Waals surface area contributed by atoms with Gasteiger partial charge in [-0.15, -0.1) is 0 Å². The van der Waals surface area contributed by atoms with Crippen LogP contribution in [0.25, 0.3) is 0 Å². The summed E-state index contributed by atoms with van der Waals surface area (Å²) < 4.78 is 1.97. The third kappa shape index (κ3) is 4.51. The summed E-state index contributed by atoms with van der Waals surface area (Å²) in [4.78, 5) is 32.5. The minimum absolute atomic E-state index is 0.0218. The van der Waals surface area contributed by atoms with Crippen LogP contribution in [0.5, 0.6) is 0 Å². The lowest BCUT2D eigenvalue weighted by Gasteiger charge is -2.40. The number of amides is 2. The second-order valence-corrected chi connectivity index (χ2v) is 8.90. The molecule has 2 amide bonds. The molecule has 3 aromatic rings. The standard InChI is InChI=1S/C24H26N4O2S/c1-18(29)28-15-12-24(13-16-28,19-6-4-3-5-7-19)22(30)26-20-8-10-21(11-9-20)31-23-25-14-17-27(23)2/h3-11,14,17H,12-13,15-16H2,1-2H3,(H,26,30). The lowest BCUT2D eigenvalue weighted by molar-refractivity contribution is -0.133. The quantitative estimate of drug-likeness (QED) is 0.657. The van der Waals surface area contributed by atoms with E-state index in [9.17, 15) is 9.59 Å². The third-order valence-corrected chi connectivity index (χ3v) is 7.01. The Morgan fingerprint density at radius 2 is 1.71 bits per heavy atom. The Morgan fingerprint density at radius 1 is 1.03 bits per heavy atom. The van der Waals surface area contributed by atoms with Crippen molar-refractivity contribution in [2.45, 2.75) is 35.2 Å². The van der Waals surface area contributed by atoms with Crippen molar-refractivity contribution in [3.05, 3.63) is 72.6 Å². The van der Waals surface area contributed by atoms with Crippen LogP contribution in [-0.4, -0.2) is 39.4 Å². The fourth-order valence-electron chi connectivity index (χ4n) is 4.02. The Kier molecular flexibility index (Phi) is 6.13. The molecule has 1 aromatic heterocycles. The molecule has 1 saturated heterocycles. The highest BCUT2D eigenvalue weighted by Crippen LogP contribution is 2.37. The highest BCUT2D eigenvalue weighted by atomic mass is 32.2. The van der Waals surface area contributed by atoms with E-state index in [2.05, 4.69) is 10.3 Å². The Balaban J connectivity index is 1.51. The number of rotatable bonds is 5. The van der Waals surface area contributed by atoms with Crippen molar-refractivity contribution in [1.82, 2.24) is 14.5 Å². The first-order chi connectivity index (χ1) is 15.0. The van der Waals surface area contributed by atoms with E-state index in [0.717, 1.165) is 21.3 Å². The first-order valence-electron chi connectivity index (χ1n) is 10.4. The van der Waals surface area contributed by atoms with Gasteiger partial charge in [0.15, 0.2) is 5.16 Å². The molecule has 2 aromatic carbocycles. The van der Waals surface area contributed by atoms with Crippen LogP contribution in [0.15, 0.2) is 77.0 Å². The van der Waals surface area contributed by atoms with Gasteiger partial charge in [-0.25, -0.2) is 4.98 Å². The number of hydrogen-bond donors (Lipinski definition) is 1. The maximum absolute atomic E-state index is 13.5. The zero-order valence-electron chi connectivity index (χ0n) is 17.7. The Morgan fingerprint density at radius 3 is 2.29 bits per heavy atom. The molecule has 1 fully saturated rings. The predicted octanol–water partition coefficient (Wildman–Crippen LogP) is 4.09. The molecule has 7 heteroatoms. The molecule has 160 valence electrons. The number of hydrogen-bond acceptors (Lipinski definition) is 4. The number of nitrogens with one attached hydrogen (secondary N) is 1. The van der Waals surface area contributed by atoms with Crippen LogP contribution in [0.3, 0.4) is 0 Å². The average molecular weight is 435 g/mol. The lowest BCUT2D eigenvalue weighted by atomic mass is 9.72.